The smallest absolute Gasteiger partial charge is 0.493 e. The van der Waals surface area contributed by atoms with Gasteiger partial charge in [0, 0.05) is 31.9 Å². The fraction of sp³-hybridized carbons (Fsp3) is 0.182. The standard InChI is InChI=1S/C8H8O.C8H8S.C7H4F2O2.C7H6O2.C7H6OS.C7H6S2/c2*1-2-4-8-7(3-1)5-6-9-8;8-7(9)10-5-3-1-2-4-6(5)11-7;3*1-2-4-7-6(3-1)8-5-9-7/h2*1-4H,5-6H2;1-4H;3*1-4H,5H2. The Kier molecular flexibility index (Phi) is 14.1. The van der Waals surface area contributed by atoms with Gasteiger partial charge in [-0.3, -0.25) is 0 Å². The van der Waals surface area contributed by atoms with Crippen LogP contribution in [-0.2, 0) is 12.8 Å². The number of hydrogen-bond donors (Lipinski definition) is 0. The van der Waals surface area contributed by atoms with Crippen molar-refractivity contribution >= 4 is 47.0 Å². The summed E-state index contributed by atoms with van der Waals surface area (Å²) in [5, 5.41) is 1.19. The molecule has 0 N–H and O–H groups in total. The highest BCUT2D eigenvalue weighted by atomic mass is 32.2. The lowest BCUT2D eigenvalue weighted by atomic mass is 10.2. The van der Waals surface area contributed by atoms with E-state index >= 15 is 0 Å². The second-order valence-electron chi connectivity index (χ2n) is 12.1. The molecule has 6 heterocycles. The van der Waals surface area contributed by atoms with Crippen LogP contribution in [0.25, 0.3) is 0 Å². The third-order valence-electron chi connectivity index (χ3n) is 8.34. The van der Waals surface area contributed by atoms with Gasteiger partial charge in [0.1, 0.15) is 17.4 Å². The zero-order chi connectivity index (χ0) is 38.4. The molecule has 12 heteroatoms. The summed E-state index contributed by atoms with van der Waals surface area (Å²) in [5.41, 5.74) is 2.88. The molecule has 0 fully saturated rings. The van der Waals surface area contributed by atoms with Crippen molar-refractivity contribution in [2.24, 2.45) is 0 Å². The predicted molar refractivity (Wildman–Crippen MR) is 223 cm³/mol. The van der Waals surface area contributed by atoms with Crippen LogP contribution in [0.2, 0.25) is 0 Å². The van der Waals surface area contributed by atoms with Crippen LogP contribution in [0.15, 0.2) is 165 Å². The highest BCUT2D eigenvalue weighted by Gasteiger charge is 2.43. The summed E-state index contributed by atoms with van der Waals surface area (Å²) in [6.45, 7) is 1.22. The van der Waals surface area contributed by atoms with Crippen molar-refractivity contribution in [1.82, 2.24) is 0 Å². The Morgan fingerprint density at radius 3 is 1.50 bits per heavy atom. The molecule has 6 nitrogen and oxygen atoms in total. The van der Waals surface area contributed by atoms with Crippen molar-refractivity contribution in [3.05, 3.63) is 157 Å². The van der Waals surface area contributed by atoms with E-state index in [4.69, 9.17) is 18.9 Å². The van der Waals surface area contributed by atoms with Crippen LogP contribution < -0.4 is 28.4 Å². The molecule has 0 saturated carbocycles. The quantitative estimate of drug-likeness (QED) is 0.148. The number of rotatable bonds is 0. The SMILES string of the molecule is FC1(F)Oc2ccccc2O1.c1ccc2c(c1)CCO2.c1ccc2c(c1)CCS2.c1ccc2c(c1)OCO2.c1ccc2c(c1)OCS2.c1ccc2c(c1)SCS2. The monoisotopic (exact) mass is 828 g/mol. The van der Waals surface area contributed by atoms with E-state index in [2.05, 4.69) is 70.1 Å². The first-order valence-corrected chi connectivity index (χ1v) is 21.8. The minimum absolute atomic E-state index is 0.0810. The molecule has 0 amide bonds. The summed E-state index contributed by atoms with van der Waals surface area (Å²) in [4.78, 5) is 5.64. The fourth-order valence-corrected chi connectivity index (χ4v) is 9.88. The van der Waals surface area contributed by atoms with Gasteiger partial charge in [-0.2, -0.15) is 0 Å². The maximum atomic E-state index is 12.3. The Balaban J connectivity index is 0.000000103. The largest absolute Gasteiger partial charge is 0.586 e. The highest BCUT2D eigenvalue weighted by Crippen LogP contribution is 2.41. The van der Waals surface area contributed by atoms with Gasteiger partial charge in [-0.15, -0.1) is 44.1 Å². The number of thioether (sulfide) groups is 4. The summed E-state index contributed by atoms with van der Waals surface area (Å²) < 4.78 is 53.6. The molecular weight excluding hydrogens is 791 g/mol. The molecule has 0 saturated heterocycles. The Morgan fingerprint density at radius 1 is 0.411 bits per heavy atom. The maximum Gasteiger partial charge on any atom is 0.586 e. The zero-order valence-electron chi connectivity index (χ0n) is 30.1. The number of halogens is 2. The molecule has 6 aliphatic heterocycles. The van der Waals surface area contributed by atoms with Crippen molar-refractivity contribution in [2.75, 3.05) is 30.2 Å². The molecular formula is C44H38F2O6S4. The van der Waals surface area contributed by atoms with Crippen LogP contribution in [0.5, 0.6) is 34.5 Å². The van der Waals surface area contributed by atoms with Gasteiger partial charge in [-0.1, -0.05) is 96.7 Å². The summed E-state index contributed by atoms with van der Waals surface area (Å²) in [7, 11) is 0. The number of ether oxygens (including phenoxy) is 6. The first-order chi connectivity index (χ1) is 27.5. The van der Waals surface area contributed by atoms with Crippen molar-refractivity contribution in [1.29, 1.82) is 0 Å². The lowest BCUT2D eigenvalue weighted by Gasteiger charge is -2.04. The lowest BCUT2D eigenvalue weighted by molar-refractivity contribution is -0.286. The van der Waals surface area contributed by atoms with E-state index in [1.807, 2.05) is 95.9 Å². The molecule has 12 rings (SSSR count). The Bertz CT molecular complexity index is 1760. The molecule has 0 aliphatic carbocycles. The Morgan fingerprint density at radius 2 is 0.911 bits per heavy atom. The zero-order valence-corrected chi connectivity index (χ0v) is 33.4. The van der Waals surface area contributed by atoms with Crippen molar-refractivity contribution < 1.29 is 37.2 Å². The molecule has 0 unspecified atom stereocenters. The first kappa shape index (κ1) is 39.6. The number of fused-ring (bicyclic) bond motifs is 6. The maximum absolute atomic E-state index is 12.3. The van der Waals surface area contributed by atoms with Gasteiger partial charge in [0.25, 0.3) is 0 Å². The van der Waals surface area contributed by atoms with Crippen LogP contribution in [0.3, 0.4) is 0 Å². The van der Waals surface area contributed by atoms with E-state index in [9.17, 15) is 8.78 Å². The van der Waals surface area contributed by atoms with E-state index < -0.39 is 6.29 Å². The normalized spacial score (nSPS) is 15.5. The molecule has 56 heavy (non-hydrogen) atoms. The lowest BCUT2D eigenvalue weighted by Crippen LogP contribution is -2.25. The molecule has 0 atom stereocenters. The minimum atomic E-state index is -3.50. The van der Waals surface area contributed by atoms with Crippen LogP contribution in [0, 0.1) is 0 Å². The topological polar surface area (TPSA) is 55.4 Å². The first-order valence-electron chi connectivity index (χ1n) is 17.8. The van der Waals surface area contributed by atoms with Crippen molar-refractivity contribution in [3.8, 4) is 34.5 Å². The third kappa shape index (κ3) is 11.2. The number of aryl methyl sites for hydroxylation is 1. The van der Waals surface area contributed by atoms with Gasteiger partial charge in [0.05, 0.1) is 11.5 Å². The van der Waals surface area contributed by atoms with Gasteiger partial charge in [0.2, 0.25) is 6.79 Å². The number of hydrogen-bond acceptors (Lipinski definition) is 10. The average Bonchev–Trinajstić information content (AvgIpc) is 4.10. The van der Waals surface area contributed by atoms with Crippen LogP contribution in [0.4, 0.5) is 8.78 Å². The van der Waals surface area contributed by atoms with E-state index in [0.717, 1.165) is 42.0 Å². The molecule has 6 aromatic rings. The van der Waals surface area contributed by atoms with Crippen LogP contribution >= 0.6 is 47.0 Å². The Hall–Kier alpha value is -4.62. The summed E-state index contributed by atoms with van der Waals surface area (Å²) in [5.74, 6) is 6.00. The second-order valence-corrected chi connectivity index (χ2v) is 16.6. The highest BCUT2D eigenvalue weighted by molar-refractivity contribution is 8.18. The number of benzene rings is 6. The van der Waals surface area contributed by atoms with E-state index in [0.29, 0.717) is 6.79 Å². The number of alkyl halides is 2. The van der Waals surface area contributed by atoms with E-state index in [1.54, 1.807) is 23.9 Å². The van der Waals surface area contributed by atoms with Gasteiger partial charge in [0.15, 0.2) is 23.0 Å². The molecule has 6 aliphatic rings. The second kappa shape index (κ2) is 20.0. The molecule has 6 aromatic carbocycles. The van der Waals surface area contributed by atoms with E-state index in [-0.39, 0.29) is 11.5 Å². The third-order valence-corrected chi connectivity index (χ3v) is 12.8. The van der Waals surface area contributed by atoms with Gasteiger partial charge in [-0.25, -0.2) is 0 Å². The summed E-state index contributed by atoms with van der Waals surface area (Å²) >= 11 is 7.58. The minimum Gasteiger partial charge on any atom is -0.493 e. The van der Waals surface area contributed by atoms with Crippen LogP contribution in [0.1, 0.15) is 11.1 Å². The van der Waals surface area contributed by atoms with Gasteiger partial charge >= 0.3 is 6.29 Å². The van der Waals surface area contributed by atoms with Gasteiger partial charge < -0.3 is 28.4 Å². The summed E-state index contributed by atoms with van der Waals surface area (Å²) in [6.07, 6.45) is -1.15. The Labute approximate surface area is 342 Å². The fourth-order valence-electron chi connectivity index (χ4n) is 5.68. The summed E-state index contributed by atoms with van der Waals surface area (Å²) in [6, 6.07) is 47.2. The predicted octanol–water partition coefficient (Wildman–Crippen LogP) is 12.4. The number of para-hydroxylation sites is 6. The molecule has 0 aromatic heterocycles. The molecule has 0 bridgehead atoms. The van der Waals surface area contributed by atoms with Gasteiger partial charge in [-0.05, 0) is 78.2 Å². The van der Waals surface area contributed by atoms with Crippen molar-refractivity contribution in [3.63, 3.8) is 0 Å². The van der Waals surface area contributed by atoms with E-state index in [1.165, 1.54) is 60.1 Å². The molecule has 288 valence electrons. The average molecular weight is 829 g/mol. The molecule has 0 spiro atoms. The van der Waals surface area contributed by atoms with Crippen molar-refractivity contribution in [2.45, 2.75) is 38.7 Å². The molecule has 0 radical (unpaired) electrons. The van der Waals surface area contributed by atoms with Crippen LogP contribution in [-0.4, -0.2) is 36.5 Å².